The van der Waals surface area contributed by atoms with Crippen LogP contribution in [-0.2, 0) is 37.3 Å². The Morgan fingerprint density at radius 2 is 1.39 bits per heavy atom. The molecule has 3 rings (SSSR count). The van der Waals surface area contributed by atoms with Crippen molar-refractivity contribution >= 4 is 39.4 Å². The van der Waals surface area contributed by atoms with Crippen molar-refractivity contribution in [3.63, 3.8) is 0 Å². The maximum atomic E-state index is 14.0. The van der Waals surface area contributed by atoms with Crippen molar-refractivity contribution in [2.24, 2.45) is 0 Å². The number of halogens is 4. The van der Waals surface area contributed by atoms with Gasteiger partial charge in [-0.2, -0.15) is 29.3 Å². The van der Waals surface area contributed by atoms with Gasteiger partial charge in [-0.1, -0.05) is 36.4 Å². The van der Waals surface area contributed by atoms with Gasteiger partial charge >= 0.3 is 29.1 Å². The molecular weight excluding hydrogens is 506 g/mol. The highest BCUT2D eigenvalue weighted by atomic mass is 32.2. The molecule has 0 aromatic heterocycles. The largest absolute Gasteiger partial charge is 0.701 e. The van der Waals surface area contributed by atoms with Gasteiger partial charge in [0.2, 0.25) is 0 Å². The summed E-state index contributed by atoms with van der Waals surface area (Å²) >= 11 is 1.47. The molecule has 0 fully saturated rings. The third-order valence-electron chi connectivity index (χ3n) is 4.46. The van der Waals surface area contributed by atoms with Gasteiger partial charge < -0.3 is 9.79 Å². The van der Waals surface area contributed by atoms with Gasteiger partial charge in [-0.3, -0.25) is 0 Å². The van der Waals surface area contributed by atoms with Gasteiger partial charge in [0, 0.05) is 16.1 Å². The lowest BCUT2D eigenvalue weighted by Crippen LogP contribution is -2.15. The van der Waals surface area contributed by atoms with Gasteiger partial charge in [0.15, 0.2) is 0 Å². The van der Waals surface area contributed by atoms with E-state index in [1.807, 2.05) is 6.07 Å². The van der Waals surface area contributed by atoms with Gasteiger partial charge in [-0.15, -0.1) is 4.89 Å². The lowest BCUT2D eigenvalue weighted by Gasteiger charge is -2.17. The normalized spacial score (nSPS) is 13.0. The fourth-order valence-electron chi connectivity index (χ4n) is 2.95. The topological polar surface area (TPSA) is 96.2 Å². The molecule has 0 amide bonds. The Hall–Kier alpha value is -1.68. The van der Waals surface area contributed by atoms with Crippen LogP contribution in [0, 0.1) is 0 Å². The van der Waals surface area contributed by atoms with Crippen LogP contribution in [0.25, 0.3) is 10.8 Å². The highest BCUT2D eigenvalue weighted by molar-refractivity contribution is 7.97. The monoisotopic (exact) mass is 523 g/mol. The smallest absolute Gasteiger partial charge is 0.328 e. The minimum atomic E-state index is -3.88. The molecule has 0 aliphatic rings. The van der Waals surface area contributed by atoms with Gasteiger partial charge in [-0.05, 0) is 50.7 Å². The number of thioether (sulfide) groups is 1. The van der Waals surface area contributed by atoms with E-state index < -0.39 is 40.2 Å². The van der Waals surface area contributed by atoms with E-state index in [2.05, 4.69) is 9.05 Å². The predicted octanol–water partition coefficient (Wildman–Crippen LogP) is 6.27. The zero-order valence-electron chi connectivity index (χ0n) is 16.6. The first-order chi connectivity index (χ1) is 15.5. The quantitative estimate of drug-likeness (QED) is 0.213. The van der Waals surface area contributed by atoms with E-state index in [4.69, 9.17) is 14.7 Å². The van der Waals surface area contributed by atoms with Gasteiger partial charge in [0.25, 0.3) is 0 Å². The molecule has 0 heterocycles. The highest BCUT2D eigenvalue weighted by Gasteiger charge is 2.43. The van der Waals surface area contributed by atoms with Crippen molar-refractivity contribution < 1.29 is 45.9 Å². The van der Waals surface area contributed by atoms with Crippen LogP contribution in [0.15, 0.2) is 60.7 Å². The summed E-state index contributed by atoms with van der Waals surface area (Å²) in [6.07, 6.45) is -7.73. The lowest BCUT2D eigenvalue weighted by atomic mass is 10.0. The fourth-order valence-corrected chi connectivity index (χ4v) is 4.51. The molecule has 176 valence electrons. The summed E-state index contributed by atoms with van der Waals surface area (Å²) in [5.74, 6) is 0.985. The molecule has 0 aliphatic carbocycles. The van der Waals surface area contributed by atoms with E-state index in [-0.39, 0.29) is 0 Å². The highest BCUT2D eigenvalue weighted by Crippen LogP contribution is 2.42. The van der Waals surface area contributed by atoms with Crippen LogP contribution >= 0.6 is 28.6 Å². The predicted molar refractivity (Wildman–Crippen MR) is 117 cm³/mol. The van der Waals surface area contributed by atoms with Gasteiger partial charge in [0.05, 0.1) is 11.1 Å². The van der Waals surface area contributed by atoms with Crippen LogP contribution in [0.5, 0.6) is 0 Å². The second-order valence-electron chi connectivity index (χ2n) is 6.79. The van der Waals surface area contributed by atoms with Crippen LogP contribution in [0.3, 0.4) is 0 Å². The zero-order chi connectivity index (χ0) is 24.2. The van der Waals surface area contributed by atoms with Crippen molar-refractivity contribution in [1.29, 1.82) is 0 Å². The van der Waals surface area contributed by atoms with E-state index in [0.29, 0.717) is 22.3 Å². The number of alkyl halides is 4. The number of benzene rings is 3. The molecule has 0 bridgehead atoms. The Labute approximate surface area is 192 Å². The molecule has 3 N–H and O–H groups in total. The van der Waals surface area contributed by atoms with Crippen molar-refractivity contribution in [2.45, 2.75) is 23.7 Å². The summed E-state index contributed by atoms with van der Waals surface area (Å²) in [4.78, 5) is 26.0. The van der Waals surface area contributed by atoms with Crippen LogP contribution in [0.1, 0.15) is 22.3 Å². The van der Waals surface area contributed by atoms with Crippen molar-refractivity contribution in [3.05, 3.63) is 82.9 Å². The molecule has 0 saturated carbocycles. The first-order valence-electron chi connectivity index (χ1n) is 9.14. The Balaban J connectivity index is 1.65. The van der Waals surface area contributed by atoms with E-state index in [9.17, 15) is 22.1 Å². The minimum Gasteiger partial charge on any atom is -0.328 e. The molecular formula is C20H17F4O6P2S+. The average molecular weight is 523 g/mol. The molecule has 0 saturated heterocycles. The summed E-state index contributed by atoms with van der Waals surface area (Å²) in [7, 11) is -6.69. The van der Waals surface area contributed by atoms with E-state index in [1.54, 1.807) is 12.1 Å². The molecule has 13 heteroatoms. The minimum absolute atomic E-state index is 0.474. The molecule has 0 aliphatic heterocycles. The summed E-state index contributed by atoms with van der Waals surface area (Å²) < 4.78 is 73.4. The van der Waals surface area contributed by atoms with Crippen LogP contribution in [0.4, 0.5) is 17.6 Å². The number of hydrogen-bond donors (Lipinski definition) is 3. The third-order valence-corrected chi connectivity index (χ3v) is 6.31. The zero-order valence-corrected chi connectivity index (χ0v) is 19.2. The summed E-state index contributed by atoms with van der Waals surface area (Å²) in [5, 5.41) is 1.23. The number of rotatable bonds is 10. The molecule has 3 aromatic carbocycles. The molecule has 1 atom stereocenters. The molecule has 0 spiro atoms. The van der Waals surface area contributed by atoms with Crippen molar-refractivity contribution in [3.8, 4) is 0 Å². The molecule has 0 radical (unpaired) electrons. The van der Waals surface area contributed by atoms with Crippen LogP contribution in [0.2, 0.25) is 0 Å². The SMILES string of the molecule is O=[P+](O)OC(F)(F)c1ccc(CSCc2ccc3ccc(C(F)(F)OP(O)O)cc3c2)cc1. The Kier molecular flexibility index (Phi) is 8.42. The summed E-state index contributed by atoms with van der Waals surface area (Å²) in [5.41, 5.74) is 0.512. The molecule has 6 nitrogen and oxygen atoms in total. The fraction of sp³-hybridized carbons (Fsp3) is 0.200. The maximum absolute atomic E-state index is 14.0. The van der Waals surface area contributed by atoms with Crippen LogP contribution in [-0.4, -0.2) is 14.7 Å². The van der Waals surface area contributed by atoms with E-state index >= 15 is 0 Å². The maximum Gasteiger partial charge on any atom is 0.701 e. The van der Waals surface area contributed by atoms with E-state index in [0.717, 1.165) is 29.3 Å². The standard InChI is InChI=1S/C20H16F4O6P2S/c21-19(22,29-31(25)26)17-6-2-13(3-7-17)11-33-12-14-1-4-15-5-8-18(10-16(15)9-14)20(23,24)30-32(27)28/h1-10,27-28H,11-12H2/p+1. The van der Waals surface area contributed by atoms with Crippen LogP contribution < -0.4 is 0 Å². The van der Waals surface area contributed by atoms with Crippen molar-refractivity contribution in [1.82, 2.24) is 0 Å². The second kappa shape index (κ2) is 10.7. The first kappa shape index (κ1) is 25.9. The van der Waals surface area contributed by atoms with Gasteiger partial charge in [-0.25, -0.2) is 4.52 Å². The van der Waals surface area contributed by atoms with Gasteiger partial charge in [0.1, 0.15) is 0 Å². The summed E-state index contributed by atoms with van der Waals surface area (Å²) in [6, 6.07) is 14.3. The lowest BCUT2D eigenvalue weighted by molar-refractivity contribution is -0.189. The Bertz CT molecular complexity index is 1130. The Morgan fingerprint density at radius 3 is 2.03 bits per heavy atom. The average Bonchev–Trinajstić information content (AvgIpc) is 2.72. The molecule has 33 heavy (non-hydrogen) atoms. The van der Waals surface area contributed by atoms with E-state index in [1.165, 1.54) is 36.0 Å². The molecule has 1 unspecified atom stereocenters. The first-order valence-corrected chi connectivity index (χ1v) is 12.6. The summed E-state index contributed by atoms with van der Waals surface area (Å²) in [6.45, 7) is 0. The Morgan fingerprint density at radius 1 is 0.818 bits per heavy atom. The third kappa shape index (κ3) is 7.15. The number of hydrogen-bond acceptors (Lipinski definition) is 6. The second-order valence-corrected chi connectivity index (χ2v) is 9.12. The van der Waals surface area contributed by atoms with Crippen molar-refractivity contribution in [2.75, 3.05) is 0 Å². The molecule has 3 aromatic rings. The number of fused-ring (bicyclic) bond motifs is 1.